The van der Waals surface area contributed by atoms with E-state index in [1.54, 1.807) is 37.6 Å². The zero-order chi connectivity index (χ0) is 32.5. The Morgan fingerprint density at radius 1 is 1.02 bits per heavy atom. The molecule has 1 fully saturated rings. The number of methoxy groups -OCH3 is 1. The molecule has 1 unspecified atom stereocenters. The van der Waals surface area contributed by atoms with Gasteiger partial charge in [-0.15, -0.1) is 0 Å². The summed E-state index contributed by atoms with van der Waals surface area (Å²) in [7, 11) is 1.65. The number of nitrogens with one attached hydrogen (secondary N) is 4. The van der Waals surface area contributed by atoms with Crippen molar-refractivity contribution in [3.63, 3.8) is 0 Å². The summed E-state index contributed by atoms with van der Waals surface area (Å²) in [5.74, 6) is 0.401. The number of rotatable bonds is 15. The summed E-state index contributed by atoms with van der Waals surface area (Å²) in [6.45, 7) is 2.17. The molecule has 0 radical (unpaired) electrons. The van der Waals surface area contributed by atoms with Gasteiger partial charge in [0.2, 0.25) is 5.91 Å². The molecule has 3 heterocycles. The van der Waals surface area contributed by atoms with Gasteiger partial charge >= 0.3 is 0 Å². The summed E-state index contributed by atoms with van der Waals surface area (Å²) in [5.41, 5.74) is 4.64. The van der Waals surface area contributed by atoms with Crippen LogP contribution in [0.3, 0.4) is 0 Å². The van der Waals surface area contributed by atoms with E-state index in [-0.39, 0.29) is 30.9 Å². The second-order valence-electron chi connectivity index (χ2n) is 11.0. The summed E-state index contributed by atoms with van der Waals surface area (Å²) < 4.78 is 20.9. The van der Waals surface area contributed by atoms with Gasteiger partial charge in [-0.3, -0.25) is 9.78 Å². The molecule has 0 spiro atoms. The van der Waals surface area contributed by atoms with Crippen LogP contribution < -0.4 is 26.0 Å². The first-order chi connectivity index (χ1) is 22.4. The molecule has 4 aromatic rings. The highest BCUT2D eigenvalue weighted by molar-refractivity contribution is 6.39. The molecule has 1 atom stereocenters. The molecule has 1 aliphatic rings. The number of benzene rings is 2. The number of halogens is 3. The van der Waals surface area contributed by atoms with Crippen LogP contribution in [0.25, 0.3) is 22.4 Å². The van der Waals surface area contributed by atoms with E-state index in [0.29, 0.717) is 51.1 Å². The summed E-state index contributed by atoms with van der Waals surface area (Å²) in [6, 6.07) is 14.9. The molecule has 0 bridgehead atoms. The minimum atomic E-state index is -0.508. The molecule has 1 saturated heterocycles. The van der Waals surface area contributed by atoms with Crippen molar-refractivity contribution in [1.82, 2.24) is 25.9 Å². The molecule has 1 amide bonds. The summed E-state index contributed by atoms with van der Waals surface area (Å²) >= 11 is 13.8. The van der Waals surface area contributed by atoms with E-state index in [9.17, 15) is 4.79 Å². The molecule has 1 aliphatic heterocycles. The zero-order valence-electron chi connectivity index (χ0n) is 25.5. The predicted octanol–water partition coefficient (Wildman–Crippen LogP) is 5.89. The van der Waals surface area contributed by atoms with Gasteiger partial charge < -0.3 is 31.1 Å². The minimum Gasteiger partial charge on any atom is -0.496 e. The molecule has 12 heteroatoms. The summed E-state index contributed by atoms with van der Waals surface area (Å²) in [6.07, 6.45) is 6.41. The second-order valence-corrected chi connectivity index (χ2v) is 11.7. The van der Waals surface area contributed by atoms with Crippen molar-refractivity contribution in [1.29, 1.82) is 0 Å². The van der Waals surface area contributed by atoms with Crippen LogP contribution in [0.1, 0.15) is 30.4 Å². The summed E-state index contributed by atoms with van der Waals surface area (Å²) in [5, 5.41) is 22.2. The largest absolute Gasteiger partial charge is 0.496 e. The molecule has 242 valence electrons. The maximum atomic E-state index is 15.2. The highest BCUT2D eigenvalue weighted by atomic mass is 35.5. The summed E-state index contributed by atoms with van der Waals surface area (Å²) in [4.78, 5) is 20.1. The number of anilines is 2. The topological polar surface area (TPSA) is 120 Å². The number of pyridine rings is 2. The van der Waals surface area contributed by atoms with Gasteiger partial charge in [-0.25, -0.2) is 9.37 Å². The van der Waals surface area contributed by atoms with Crippen LogP contribution >= 0.6 is 23.2 Å². The maximum absolute atomic E-state index is 15.2. The Morgan fingerprint density at radius 2 is 1.85 bits per heavy atom. The van der Waals surface area contributed by atoms with E-state index in [2.05, 4.69) is 31.2 Å². The molecule has 5 rings (SSSR count). The van der Waals surface area contributed by atoms with Gasteiger partial charge in [0.1, 0.15) is 5.75 Å². The normalized spacial score (nSPS) is 14.4. The van der Waals surface area contributed by atoms with Crippen molar-refractivity contribution in [3.8, 4) is 28.1 Å². The van der Waals surface area contributed by atoms with Crippen molar-refractivity contribution < 1.29 is 19.0 Å². The maximum Gasteiger partial charge on any atom is 0.220 e. The van der Waals surface area contributed by atoms with E-state index in [1.807, 2.05) is 24.3 Å². The van der Waals surface area contributed by atoms with E-state index in [1.165, 1.54) is 6.20 Å². The number of hydrogen-bond donors (Lipinski definition) is 5. The molecule has 0 saturated carbocycles. The van der Waals surface area contributed by atoms with Gasteiger partial charge in [0.05, 0.1) is 35.1 Å². The molecular formula is C34H37Cl2FN6O3. The Balaban J connectivity index is 1.31. The van der Waals surface area contributed by atoms with Crippen molar-refractivity contribution in [2.75, 3.05) is 38.7 Å². The fraction of sp³-hybridized carbons (Fsp3) is 0.324. The van der Waals surface area contributed by atoms with Crippen LogP contribution in [-0.2, 0) is 17.8 Å². The predicted molar refractivity (Wildman–Crippen MR) is 180 cm³/mol. The SMILES string of the molecule is COc1cc(-c2nccc(-c3cccc(Nc4nccc(CNCCO)c4F)c3Cl)c2Cl)ccc1CCCNCC1CCC(=O)N1. The number of aromatic nitrogens is 2. The lowest BCUT2D eigenvalue weighted by atomic mass is 10.00. The number of carbonyl (C=O) groups excluding carboxylic acids is 1. The minimum absolute atomic E-state index is 0.0362. The van der Waals surface area contributed by atoms with Gasteiger partial charge in [0, 0.05) is 66.7 Å². The van der Waals surface area contributed by atoms with Gasteiger partial charge in [-0.1, -0.05) is 47.5 Å². The molecule has 0 aliphatic carbocycles. The van der Waals surface area contributed by atoms with E-state index in [4.69, 9.17) is 33.0 Å². The number of nitrogens with zero attached hydrogens (tertiary/aromatic N) is 2. The van der Waals surface area contributed by atoms with Crippen LogP contribution in [0.5, 0.6) is 5.75 Å². The van der Waals surface area contributed by atoms with E-state index < -0.39 is 5.82 Å². The zero-order valence-corrected chi connectivity index (χ0v) is 27.0. The third-order valence-corrected chi connectivity index (χ3v) is 8.63. The Labute approximate surface area is 277 Å². The highest BCUT2D eigenvalue weighted by Crippen LogP contribution is 2.42. The van der Waals surface area contributed by atoms with Crippen molar-refractivity contribution in [3.05, 3.63) is 87.9 Å². The van der Waals surface area contributed by atoms with E-state index in [0.717, 1.165) is 49.2 Å². The molecule has 2 aromatic carbocycles. The number of amides is 1. The van der Waals surface area contributed by atoms with Crippen LogP contribution in [0, 0.1) is 5.82 Å². The average molecular weight is 668 g/mol. The van der Waals surface area contributed by atoms with Crippen LogP contribution in [0.4, 0.5) is 15.9 Å². The van der Waals surface area contributed by atoms with Crippen molar-refractivity contribution >= 4 is 40.6 Å². The lowest BCUT2D eigenvalue weighted by Crippen LogP contribution is -2.36. The number of aliphatic hydroxyl groups is 1. The lowest BCUT2D eigenvalue weighted by molar-refractivity contribution is -0.119. The van der Waals surface area contributed by atoms with Crippen LogP contribution in [-0.4, -0.2) is 60.4 Å². The Bertz CT molecular complexity index is 1670. The van der Waals surface area contributed by atoms with Gasteiger partial charge in [0.15, 0.2) is 11.6 Å². The van der Waals surface area contributed by atoms with E-state index >= 15 is 4.39 Å². The second kappa shape index (κ2) is 16.2. The number of aliphatic hydroxyl groups excluding tert-OH is 1. The van der Waals surface area contributed by atoms with Gasteiger partial charge in [-0.2, -0.15) is 0 Å². The smallest absolute Gasteiger partial charge is 0.220 e. The highest BCUT2D eigenvalue weighted by Gasteiger charge is 2.20. The first-order valence-electron chi connectivity index (χ1n) is 15.2. The molecule has 2 aromatic heterocycles. The van der Waals surface area contributed by atoms with Gasteiger partial charge in [0.25, 0.3) is 0 Å². The third-order valence-electron chi connectivity index (χ3n) is 7.84. The third kappa shape index (κ3) is 8.12. The quantitative estimate of drug-likeness (QED) is 0.0997. The fourth-order valence-electron chi connectivity index (χ4n) is 5.44. The Kier molecular flexibility index (Phi) is 11.8. The number of aryl methyl sites for hydroxylation is 1. The van der Waals surface area contributed by atoms with Crippen LogP contribution in [0.2, 0.25) is 10.0 Å². The fourth-order valence-corrected chi connectivity index (χ4v) is 6.03. The van der Waals surface area contributed by atoms with Crippen molar-refractivity contribution in [2.45, 2.75) is 38.3 Å². The Hall–Kier alpha value is -3.80. The van der Waals surface area contributed by atoms with Gasteiger partial charge in [-0.05, 0) is 55.6 Å². The molecular weight excluding hydrogens is 630 g/mol. The Morgan fingerprint density at radius 3 is 2.63 bits per heavy atom. The molecule has 9 nitrogen and oxygen atoms in total. The average Bonchev–Trinajstić information content (AvgIpc) is 3.48. The standard InChI is InChI=1S/C34H37Cl2FN6O3/c1-46-28-18-22(8-7-21(28)4-3-13-38-20-24-9-10-29(45)42-24)33-31(36)26(12-15-40-33)25-5-2-6-27(30(25)35)43-34-32(37)23(11-14-41-34)19-39-16-17-44/h2,5-8,11-12,14-15,18,24,38-39,44H,3-4,9-10,13,16-17,19-20H2,1H3,(H,41,43)(H,42,45). The first-order valence-corrected chi connectivity index (χ1v) is 16.0. The number of hydrogen-bond acceptors (Lipinski definition) is 8. The molecule has 46 heavy (non-hydrogen) atoms. The lowest BCUT2D eigenvalue weighted by Gasteiger charge is -2.16. The monoisotopic (exact) mass is 666 g/mol. The van der Waals surface area contributed by atoms with Crippen LogP contribution in [0.15, 0.2) is 60.9 Å². The first kappa shape index (κ1) is 33.6. The number of ether oxygens (including phenoxy) is 1. The molecule has 5 N–H and O–H groups in total. The number of carbonyl (C=O) groups is 1. The van der Waals surface area contributed by atoms with Crippen molar-refractivity contribution in [2.24, 2.45) is 0 Å².